The van der Waals surface area contributed by atoms with Gasteiger partial charge in [-0.1, -0.05) is 0 Å². The number of benzene rings is 1. The zero-order valence-electron chi connectivity index (χ0n) is 16.0. The Balaban J connectivity index is 1.39. The first kappa shape index (κ1) is 18.8. The van der Waals surface area contributed by atoms with Crippen molar-refractivity contribution in [3.63, 3.8) is 0 Å². The molecule has 4 aromatic rings. The number of hydrogen-bond acceptors (Lipinski definition) is 9. The molecule has 4 rings (SSSR count). The molecular formula is C19H18N6O3S. The number of carbonyl (C=O) groups is 1. The number of nitrogens with zero attached hydrogens (tertiary/aromatic N) is 5. The van der Waals surface area contributed by atoms with E-state index < -0.39 is 5.97 Å². The molecule has 0 saturated carbocycles. The fourth-order valence-electron chi connectivity index (χ4n) is 2.69. The lowest BCUT2D eigenvalue weighted by atomic mass is 10.3. The van der Waals surface area contributed by atoms with Gasteiger partial charge >= 0.3 is 5.97 Å². The minimum absolute atomic E-state index is 0.0284. The summed E-state index contributed by atoms with van der Waals surface area (Å²) in [5.74, 6) is 0.501. The third kappa shape index (κ3) is 4.16. The molecule has 1 N–H and O–H groups in total. The SMILES string of the molecule is COc1ccc(Nc2nc(COC(=O)c3nc4nc(C)cc(C)n4n3)cs2)cc1. The number of carbonyl (C=O) groups excluding carboxylic acids is 1. The lowest BCUT2D eigenvalue weighted by Crippen LogP contribution is -2.08. The number of aromatic nitrogens is 5. The van der Waals surface area contributed by atoms with E-state index in [1.165, 1.54) is 15.9 Å². The number of aryl methyl sites for hydroxylation is 2. The van der Waals surface area contributed by atoms with Crippen LogP contribution in [0.3, 0.4) is 0 Å². The van der Waals surface area contributed by atoms with Crippen LogP contribution >= 0.6 is 11.3 Å². The van der Waals surface area contributed by atoms with Gasteiger partial charge in [0.2, 0.25) is 0 Å². The van der Waals surface area contributed by atoms with Gasteiger partial charge in [0.25, 0.3) is 11.6 Å². The highest BCUT2D eigenvalue weighted by atomic mass is 32.1. The van der Waals surface area contributed by atoms with Crippen LogP contribution in [0.25, 0.3) is 5.78 Å². The smallest absolute Gasteiger partial charge is 0.378 e. The highest BCUT2D eigenvalue weighted by Crippen LogP contribution is 2.23. The Hall–Kier alpha value is -3.53. The topological polar surface area (TPSA) is 104 Å². The fourth-order valence-corrected chi connectivity index (χ4v) is 3.40. The average molecular weight is 410 g/mol. The molecule has 0 aliphatic rings. The van der Waals surface area contributed by atoms with E-state index in [0.717, 1.165) is 22.8 Å². The highest BCUT2D eigenvalue weighted by Gasteiger charge is 2.17. The largest absolute Gasteiger partial charge is 0.497 e. The second-order valence-electron chi connectivity index (χ2n) is 6.26. The Morgan fingerprint density at radius 2 is 1.97 bits per heavy atom. The highest BCUT2D eigenvalue weighted by molar-refractivity contribution is 7.13. The van der Waals surface area contributed by atoms with Gasteiger partial charge in [-0.2, -0.15) is 4.98 Å². The van der Waals surface area contributed by atoms with Gasteiger partial charge in [-0.05, 0) is 44.2 Å². The van der Waals surface area contributed by atoms with Crippen LogP contribution in [0.2, 0.25) is 0 Å². The number of thiazole rings is 1. The number of anilines is 2. The summed E-state index contributed by atoms with van der Waals surface area (Å²) in [5.41, 5.74) is 3.17. The summed E-state index contributed by atoms with van der Waals surface area (Å²) in [6, 6.07) is 9.37. The summed E-state index contributed by atoms with van der Waals surface area (Å²) in [5, 5.41) is 9.89. The van der Waals surface area contributed by atoms with E-state index in [9.17, 15) is 4.79 Å². The van der Waals surface area contributed by atoms with Crippen LogP contribution in [-0.4, -0.2) is 37.6 Å². The molecule has 3 aromatic heterocycles. The lowest BCUT2D eigenvalue weighted by molar-refractivity contribution is 0.0454. The van der Waals surface area contributed by atoms with Gasteiger partial charge in [0.05, 0.1) is 12.8 Å². The molecule has 0 fully saturated rings. The Kier molecular flexibility index (Phi) is 5.09. The molecule has 10 heteroatoms. The zero-order chi connectivity index (χ0) is 20.4. The van der Waals surface area contributed by atoms with E-state index >= 15 is 0 Å². The molecular weight excluding hydrogens is 392 g/mol. The molecule has 0 unspecified atom stereocenters. The molecule has 0 spiro atoms. The summed E-state index contributed by atoms with van der Waals surface area (Å²) in [6.45, 7) is 3.76. The molecule has 0 amide bonds. The zero-order valence-corrected chi connectivity index (χ0v) is 16.9. The van der Waals surface area contributed by atoms with Crippen LogP contribution in [0, 0.1) is 13.8 Å². The van der Waals surface area contributed by atoms with E-state index in [0.29, 0.717) is 16.6 Å². The maximum absolute atomic E-state index is 12.3. The number of ether oxygens (including phenoxy) is 2. The minimum Gasteiger partial charge on any atom is -0.497 e. The maximum atomic E-state index is 12.3. The fraction of sp³-hybridized carbons (Fsp3) is 0.211. The van der Waals surface area contributed by atoms with Crippen LogP contribution in [0.5, 0.6) is 5.75 Å². The van der Waals surface area contributed by atoms with Crippen molar-refractivity contribution in [2.75, 3.05) is 12.4 Å². The van der Waals surface area contributed by atoms with Gasteiger partial charge in [-0.3, -0.25) is 0 Å². The molecule has 9 nitrogen and oxygen atoms in total. The van der Waals surface area contributed by atoms with Crippen molar-refractivity contribution in [2.45, 2.75) is 20.5 Å². The standard InChI is InChI=1S/C19H18N6O3S/c1-11-8-12(2)25-18(20-11)23-16(24-25)17(26)28-9-14-10-29-19(22-14)21-13-4-6-15(27-3)7-5-13/h4-8,10H,9H2,1-3H3,(H,21,22). The Morgan fingerprint density at radius 3 is 2.72 bits per heavy atom. The van der Waals surface area contributed by atoms with Gasteiger partial charge < -0.3 is 14.8 Å². The van der Waals surface area contributed by atoms with E-state index in [4.69, 9.17) is 9.47 Å². The number of hydrogen-bond donors (Lipinski definition) is 1. The average Bonchev–Trinajstić information content (AvgIpc) is 3.34. The molecule has 148 valence electrons. The van der Waals surface area contributed by atoms with Gasteiger partial charge in [-0.25, -0.2) is 19.3 Å². The number of esters is 1. The number of fused-ring (bicyclic) bond motifs is 1. The molecule has 1 aromatic carbocycles. The second kappa shape index (κ2) is 7.84. The first-order chi connectivity index (χ1) is 14.0. The van der Waals surface area contributed by atoms with Crippen molar-refractivity contribution < 1.29 is 14.3 Å². The Labute approximate surface area is 170 Å². The molecule has 0 aliphatic heterocycles. The van der Waals surface area contributed by atoms with Crippen LogP contribution in [0.15, 0.2) is 35.7 Å². The van der Waals surface area contributed by atoms with E-state index in [1.54, 1.807) is 7.11 Å². The first-order valence-electron chi connectivity index (χ1n) is 8.75. The van der Waals surface area contributed by atoms with E-state index in [2.05, 4.69) is 25.4 Å². The number of methoxy groups -OCH3 is 1. The summed E-state index contributed by atoms with van der Waals surface area (Å²) < 4.78 is 12.0. The number of nitrogens with one attached hydrogen (secondary N) is 1. The van der Waals surface area contributed by atoms with E-state index in [-0.39, 0.29) is 12.4 Å². The molecule has 0 aliphatic carbocycles. The van der Waals surface area contributed by atoms with Gasteiger partial charge in [0, 0.05) is 22.5 Å². The van der Waals surface area contributed by atoms with Gasteiger partial charge in [-0.15, -0.1) is 16.4 Å². The van der Waals surface area contributed by atoms with Crippen molar-refractivity contribution in [2.24, 2.45) is 0 Å². The van der Waals surface area contributed by atoms with Crippen molar-refractivity contribution in [1.82, 2.24) is 24.6 Å². The Morgan fingerprint density at radius 1 is 1.17 bits per heavy atom. The van der Waals surface area contributed by atoms with Crippen molar-refractivity contribution in [3.05, 3.63) is 58.6 Å². The molecule has 0 radical (unpaired) electrons. The van der Waals surface area contributed by atoms with Gasteiger partial charge in [0.1, 0.15) is 12.4 Å². The lowest BCUT2D eigenvalue weighted by Gasteiger charge is -2.04. The summed E-state index contributed by atoms with van der Waals surface area (Å²) in [4.78, 5) is 25.1. The normalized spacial score (nSPS) is 10.9. The van der Waals surface area contributed by atoms with E-state index in [1.807, 2.05) is 49.6 Å². The minimum atomic E-state index is -0.620. The van der Waals surface area contributed by atoms with Crippen LogP contribution in [0.1, 0.15) is 27.7 Å². The Bertz CT molecular complexity index is 1170. The van der Waals surface area contributed by atoms with Crippen LogP contribution in [-0.2, 0) is 11.3 Å². The number of rotatable bonds is 6. The quantitative estimate of drug-likeness (QED) is 0.483. The van der Waals surface area contributed by atoms with Crippen LogP contribution < -0.4 is 10.1 Å². The molecule has 0 saturated heterocycles. The first-order valence-corrected chi connectivity index (χ1v) is 9.63. The predicted molar refractivity (Wildman–Crippen MR) is 108 cm³/mol. The third-order valence-electron chi connectivity index (χ3n) is 4.05. The molecule has 0 bridgehead atoms. The summed E-state index contributed by atoms with van der Waals surface area (Å²) in [6.07, 6.45) is 0. The maximum Gasteiger partial charge on any atom is 0.378 e. The molecule has 29 heavy (non-hydrogen) atoms. The van der Waals surface area contributed by atoms with Gasteiger partial charge in [0.15, 0.2) is 5.13 Å². The predicted octanol–water partition coefficient (Wildman–Crippen LogP) is 3.31. The summed E-state index contributed by atoms with van der Waals surface area (Å²) in [7, 11) is 1.62. The molecule has 3 heterocycles. The molecule has 0 atom stereocenters. The van der Waals surface area contributed by atoms with Crippen molar-refractivity contribution in [3.8, 4) is 5.75 Å². The third-order valence-corrected chi connectivity index (χ3v) is 4.85. The van der Waals surface area contributed by atoms with Crippen LogP contribution in [0.4, 0.5) is 10.8 Å². The summed E-state index contributed by atoms with van der Waals surface area (Å²) >= 11 is 1.42. The monoisotopic (exact) mass is 410 g/mol. The second-order valence-corrected chi connectivity index (χ2v) is 7.12. The van der Waals surface area contributed by atoms with Crippen molar-refractivity contribution in [1.29, 1.82) is 0 Å². The van der Waals surface area contributed by atoms with Crippen molar-refractivity contribution >= 4 is 33.9 Å².